The molecule has 0 amide bonds. The van der Waals surface area contributed by atoms with E-state index < -0.39 is 27.2 Å². The van der Waals surface area contributed by atoms with Gasteiger partial charge in [-0.15, -0.1) is 0 Å². The summed E-state index contributed by atoms with van der Waals surface area (Å²) in [5, 5.41) is 10.5. The van der Waals surface area contributed by atoms with Crippen LogP contribution in [0.15, 0.2) is 77.7 Å². The van der Waals surface area contributed by atoms with Crippen molar-refractivity contribution in [3.05, 3.63) is 95.1 Å². The number of rotatable bonds is 6. The third-order valence-electron chi connectivity index (χ3n) is 6.72. The first-order valence-electron chi connectivity index (χ1n) is 12.0. The molecule has 1 N–H and O–H groups in total. The summed E-state index contributed by atoms with van der Waals surface area (Å²) in [5.74, 6) is 0. The molecule has 4 rings (SSSR count). The SMILES string of the molecule is CC(C)(O)c1cc(CN2CCN(c3cccc(S(C)(=O)=O)c3)C[C@H]2c2ccccc2)ccc1C(F)(F)F. The monoisotopic (exact) mass is 532 g/mol. The van der Waals surface area contributed by atoms with Gasteiger partial charge in [-0.2, -0.15) is 13.2 Å². The summed E-state index contributed by atoms with van der Waals surface area (Å²) in [6, 6.07) is 20.6. The fraction of sp³-hybridized carbons (Fsp3) is 0.357. The molecule has 3 aromatic rings. The van der Waals surface area contributed by atoms with Gasteiger partial charge in [-0.1, -0.05) is 48.5 Å². The molecule has 1 aliphatic rings. The summed E-state index contributed by atoms with van der Waals surface area (Å²) in [6.07, 6.45) is -3.38. The number of halogens is 3. The summed E-state index contributed by atoms with van der Waals surface area (Å²) in [7, 11) is -3.35. The van der Waals surface area contributed by atoms with Crippen LogP contribution in [0.1, 0.15) is 42.1 Å². The molecule has 0 saturated carbocycles. The second-order valence-corrected chi connectivity index (χ2v) is 12.1. The number of anilines is 1. The van der Waals surface area contributed by atoms with Crippen molar-refractivity contribution in [3.8, 4) is 0 Å². The van der Waals surface area contributed by atoms with Crippen LogP contribution in [-0.2, 0) is 28.2 Å². The van der Waals surface area contributed by atoms with E-state index in [4.69, 9.17) is 0 Å². The fourth-order valence-electron chi connectivity index (χ4n) is 4.82. The minimum atomic E-state index is -4.56. The first kappa shape index (κ1) is 27.2. The molecular formula is C28H31F3N2O3S. The summed E-state index contributed by atoms with van der Waals surface area (Å²) in [6.45, 7) is 4.93. The lowest BCUT2D eigenvalue weighted by atomic mass is 9.90. The zero-order valence-electron chi connectivity index (χ0n) is 21.0. The van der Waals surface area contributed by atoms with Gasteiger partial charge >= 0.3 is 6.18 Å². The molecule has 0 aromatic heterocycles. The van der Waals surface area contributed by atoms with Gasteiger partial charge in [0.15, 0.2) is 9.84 Å². The molecule has 0 bridgehead atoms. The van der Waals surface area contributed by atoms with Gasteiger partial charge in [0, 0.05) is 38.1 Å². The van der Waals surface area contributed by atoms with Crippen molar-refractivity contribution < 1.29 is 26.7 Å². The third kappa shape index (κ3) is 6.34. The van der Waals surface area contributed by atoms with Gasteiger partial charge in [0.25, 0.3) is 0 Å². The normalized spacial score (nSPS) is 17.7. The van der Waals surface area contributed by atoms with Crippen LogP contribution >= 0.6 is 0 Å². The van der Waals surface area contributed by atoms with Crippen LogP contribution in [0.2, 0.25) is 0 Å². The molecule has 0 spiro atoms. The zero-order chi connectivity index (χ0) is 27.0. The number of sulfone groups is 1. The van der Waals surface area contributed by atoms with Gasteiger partial charge in [0.1, 0.15) is 0 Å². The highest BCUT2D eigenvalue weighted by Crippen LogP contribution is 2.38. The smallest absolute Gasteiger partial charge is 0.386 e. The van der Waals surface area contributed by atoms with Crippen molar-refractivity contribution >= 4 is 15.5 Å². The molecular weight excluding hydrogens is 501 g/mol. The van der Waals surface area contributed by atoms with E-state index in [1.165, 1.54) is 32.2 Å². The minimum absolute atomic E-state index is 0.0790. The van der Waals surface area contributed by atoms with Crippen molar-refractivity contribution in [2.75, 3.05) is 30.8 Å². The van der Waals surface area contributed by atoms with Crippen LogP contribution < -0.4 is 4.90 Å². The van der Waals surface area contributed by atoms with E-state index in [1.54, 1.807) is 18.2 Å². The maximum absolute atomic E-state index is 13.6. The first-order chi connectivity index (χ1) is 17.2. The summed E-state index contributed by atoms with van der Waals surface area (Å²) < 4.78 is 64.9. The van der Waals surface area contributed by atoms with Crippen LogP contribution in [-0.4, -0.2) is 44.3 Å². The first-order valence-corrected chi connectivity index (χ1v) is 13.9. The van der Waals surface area contributed by atoms with Crippen LogP contribution in [0.5, 0.6) is 0 Å². The second-order valence-electron chi connectivity index (χ2n) is 10.0. The number of benzene rings is 3. The molecule has 0 aliphatic carbocycles. The summed E-state index contributed by atoms with van der Waals surface area (Å²) in [4.78, 5) is 4.61. The highest BCUT2D eigenvalue weighted by molar-refractivity contribution is 7.90. The lowest BCUT2D eigenvalue weighted by Crippen LogP contribution is -2.48. The highest BCUT2D eigenvalue weighted by Gasteiger charge is 2.37. The number of alkyl halides is 3. The van der Waals surface area contributed by atoms with Crippen molar-refractivity contribution in [1.82, 2.24) is 4.90 Å². The van der Waals surface area contributed by atoms with Crippen molar-refractivity contribution in [3.63, 3.8) is 0 Å². The topological polar surface area (TPSA) is 60.9 Å². The van der Waals surface area contributed by atoms with Crippen molar-refractivity contribution in [1.29, 1.82) is 0 Å². The Kier molecular flexibility index (Phi) is 7.43. The standard InChI is InChI=1S/C28H31F3N2O3S/c1-27(2,34)25-16-20(12-13-24(25)28(29,30)31)18-33-15-14-32(19-26(33)21-8-5-4-6-9-21)22-10-7-11-23(17-22)37(3,35)36/h4-13,16-17,26,34H,14-15,18-19H2,1-3H3/t26-/m0/s1. The van der Waals surface area contributed by atoms with Crippen molar-refractivity contribution in [2.45, 2.75) is 43.1 Å². The Morgan fingerprint density at radius 1 is 0.919 bits per heavy atom. The van der Waals surface area contributed by atoms with E-state index in [1.807, 2.05) is 36.4 Å². The number of hydrogen-bond donors (Lipinski definition) is 1. The van der Waals surface area contributed by atoms with E-state index >= 15 is 0 Å². The Hall–Kier alpha value is -2.88. The maximum Gasteiger partial charge on any atom is 0.416 e. The molecule has 1 heterocycles. The van der Waals surface area contributed by atoms with Crippen LogP contribution in [0.25, 0.3) is 0 Å². The molecule has 3 aromatic carbocycles. The predicted octanol–water partition coefficient (Wildman–Crippen LogP) is 5.40. The van der Waals surface area contributed by atoms with Crippen LogP contribution in [0.4, 0.5) is 18.9 Å². The largest absolute Gasteiger partial charge is 0.416 e. The Balaban J connectivity index is 1.65. The fourth-order valence-corrected chi connectivity index (χ4v) is 5.48. The Bertz CT molecular complexity index is 1350. The van der Waals surface area contributed by atoms with Gasteiger partial charge < -0.3 is 10.0 Å². The minimum Gasteiger partial charge on any atom is -0.386 e. The van der Waals surface area contributed by atoms with E-state index in [0.717, 1.165) is 17.3 Å². The molecule has 9 heteroatoms. The zero-order valence-corrected chi connectivity index (χ0v) is 21.9. The highest BCUT2D eigenvalue weighted by atomic mass is 32.2. The maximum atomic E-state index is 13.6. The third-order valence-corrected chi connectivity index (χ3v) is 7.83. The molecule has 5 nitrogen and oxygen atoms in total. The summed E-state index contributed by atoms with van der Waals surface area (Å²) in [5.41, 5.74) is -0.0887. The van der Waals surface area contributed by atoms with Gasteiger partial charge in [0.05, 0.1) is 22.1 Å². The molecule has 198 valence electrons. The Morgan fingerprint density at radius 2 is 1.62 bits per heavy atom. The van der Waals surface area contributed by atoms with Crippen LogP contribution in [0, 0.1) is 0 Å². The molecule has 1 aliphatic heterocycles. The van der Waals surface area contributed by atoms with E-state index in [9.17, 15) is 26.7 Å². The molecule has 1 saturated heterocycles. The molecule has 0 radical (unpaired) electrons. The average Bonchev–Trinajstić information content (AvgIpc) is 2.83. The lowest BCUT2D eigenvalue weighted by molar-refractivity contribution is -0.140. The lowest BCUT2D eigenvalue weighted by Gasteiger charge is -2.43. The van der Waals surface area contributed by atoms with Crippen LogP contribution in [0.3, 0.4) is 0 Å². The Morgan fingerprint density at radius 3 is 2.24 bits per heavy atom. The molecule has 0 unspecified atom stereocenters. The van der Waals surface area contributed by atoms with Gasteiger partial charge in [0.2, 0.25) is 0 Å². The van der Waals surface area contributed by atoms with E-state index in [0.29, 0.717) is 31.7 Å². The quantitative estimate of drug-likeness (QED) is 0.461. The van der Waals surface area contributed by atoms with Gasteiger partial charge in [-0.25, -0.2) is 8.42 Å². The van der Waals surface area contributed by atoms with Gasteiger partial charge in [-0.05, 0) is 54.8 Å². The van der Waals surface area contributed by atoms with E-state index in [-0.39, 0.29) is 16.5 Å². The van der Waals surface area contributed by atoms with E-state index in [2.05, 4.69) is 9.80 Å². The molecule has 1 fully saturated rings. The number of aliphatic hydroxyl groups is 1. The average molecular weight is 533 g/mol. The second kappa shape index (κ2) is 10.1. The molecule has 1 atom stereocenters. The van der Waals surface area contributed by atoms with Crippen molar-refractivity contribution in [2.24, 2.45) is 0 Å². The summed E-state index contributed by atoms with van der Waals surface area (Å²) >= 11 is 0. The number of hydrogen-bond acceptors (Lipinski definition) is 5. The van der Waals surface area contributed by atoms with Gasteiger partial charge in [-0.3, -0.25) is 4.90 Å². The number of nitrogens with zero attached hydrogens (tertiary/aromatic N) is 2. The number of piperazine rings is 1. The Labute approximate surface area is 216 Å². The molecule has 37 heavy (non-hydrogen) atoms. The predicted molar refractivity (Wildman–Crippen MR) is 138 cm³/mol.